The molecule has 1 heterocycles. The molecule has 1 N–H and O–H groups in total. The fourth-order valence-corrected chi connectivity index (χ4v) is 4.19. The molecule has 2 rings (SSSR count). The zero-order valence-electron chi connectivity index (χ0n) is 20.7. The number of hydrogen-bond acceptors (Lipinski definition) is 2. The van der Waals surface area contributed by atoms with E-state index in [1.54, 1.807) is 0 Å². The van der Waals surface area contributed by atoms with Crippen molar-refractivity contribution in [3.63, 3.8) is 0 Å². The molecule has 0 saturated heterocycles. The highest BCUT2D eigenvalue weighted by Crippen LogP contribution is 2.30. The van der Waals surface area contributed by atoms with Gasteiger partial charge in [0.2, 0.25) is 0 Å². The van der Waals surface area contributed by atoms with Crippen LogP contribution >= 0.6 is 0 Å². The van der Waals surface area contributed by atoms with Crippen molar-refractivity contribution in [3.8, 4) is 11.8 Å². The van der Waals surface area contributed by atoms with Crippen molar-refractivity contribution in [2.24, 2.45) is 18.4 Å². The first-order valence-electron chi connectivity index (χ1n) is 11.8. The second-order valence-electron chi connectivity index (χ2n) is 10.2. The Morgan fingerprint density at radius 1 is 1.09 bits per heavy atom. The van der Waals surface area contributed by atoms with E-state index in [0.717, 1.165) is 66.2 Å². The van der Waals surface area contributed by atoms with Gasteiger partial charge in [0.1, 0.15) is 0 Å². The van der Waals surface area contributed by atoms with Gasteiger partial charge in [-0.1, -0.05) is 37.3 Å². The van der Waals surface area contributed by atoms with Gasteiger partial charge in [-0.05, 0) is 65.0 Å². The van der Waals surface area contributed by atoms with Gasteiger partial charge < -0.3 is 9.67 Å². The van der Waals surface area contributed by atoms with Crippen molar-refractivity contribution in [2.45, 2.75) is 86.0 Å². The molecule has 2 aromatic rings. The Morgan fingerprint density at radius 3 is 2.44 bits per heavy atom. The van der Waals surface area contributed by atoms with Crippen LogP contribution in [0.15, 0.2) is 18.2 Å². The van der Waals surface area contributed by atoms with Gasteiger partial charge in [0, 0.05) is 53.9 Å². The molecule has 0 radical (unpaired) electrons. The van der Waals surface area contributed by atoms with Gasteiger partial charge in [0.15, 0.2) is 5.78 Å². The number of carbonyl (C=O) groups is 2. The maximum Gasteiger partial charge on any atom is 0.303 e. The van der Waals surface area contributed by atoms with Crippen molar-refractivity contribution in [1.29, 1.82) is 0 Å². The molecule has 0 aliphatic carbocycles. The SMILES string of the molecule is Cc1ccc2c(c1)c(C(=O)C[C@H](C)CC(=O)O)c(CCCCCCC#CC(C)(C)C)n2C. The third-order valence-corrected chi connectivity index (χ3v) is 5.74. The maximum atomic E-state index is 13.3. The summed E-state index contributed by atoms with van der Waals surface area (Å²) in [6, 6.07) is 6.24. The zero-order chi connectivity index (χ0) is 23.9. The third-order valence-electron chi connectivity index (χ3n) is 5.74. The summed E-state index contributed by atoms with van der Waals surface area (Å²) in [4.78, 5) is 24.3. The lowest BCUT2D eigenvalue weighted by Crippen LogP contribution is -2.12. The quantitative estimate of drug-likeness (QED) is 0.241. The molecular weight excluding hydrogens is 398 g/mol. The summed E-state index contributed by atoms with van der Waals surface area (Å²) in [6.07, 6.45) is 6.46. The van der Waals surface area contributed by atoms with Crippen LogP contribution in [0.2, 0.25) is 0 Å². The summed E-state index contributed by atoms with van der Waals surface area (Å²) in [5.41, 5.74) is 4.12. The molecule has 0 spiro atoms. The summed E-state index contributed by atoms with van der Waals surface area (Å²) in [7, 11) is 2.03. The van der Waals surface area contributed by atoms with E-state index in [4.69, 9.17) is 5.11 Å². The molecule has 174 valence electrons. The number of Topliss-reactive ketones (excluding diaryl/α,β-unsaturated/α-hetero) is 1. The molecule has 1 atom stereocenters. The van der Waals surface area contributed by atoms with Gasteiger partial charge in [0.05, 0.1) is 0 Å². The summed E-state index contributed by atoms with van der Waals surface area (Å²) in [6.45, 7) is 10.3. The van der Waals surface area contributed by atoms with E-state index in [0.29, 0.717) is 0 Å². The normalized spacial score (nSPS) is 12.4. The van der Waals surface area contributed by atoms with E-state index < -0.39 is 5.97 Å². The summed E-state index contributed by atoms with van der Waals surface area (Å²) >= 11 is 0. The number of benzene rings is 1. The predicted octanol–water partition coefficient (Wildman–Crippen LogP) is 6.71. The van der Waals surface area contributed by atoms with Crippen LogP contribution < -0.4 is 0 Å². The van der Waals surface area contributed by atoms with Crippen molar-refractivity contribution < 1.29 is 14.7 Å². The van der Waals surface area contributed by atoms with Crippen LogP contribution in [-0.4, -0.2) is 21.4 Å². The minimum Gasteiger partial charge on any atom is -0.481 e. The molecule has 0 aliphatic heterocycles. The fraction of sp³-hybridized carbons (Fsp3) is 0.571. The lowest BCUT2D eigenvalue weighted by Gasteiger charge is -2.11. The molecule has 0 fully saturated rings. The Labute approximate surface area is 193 Å². The highest BCUT2D eigenvalue weighted by molar-refractivity contribution is 6.09. The number of carbonyl (C=O) groups excluding carboxylic acids is 1. The minimum absolute atomic E-state index is 0.0168. The number of aryl methyl sites for hydroxylation is 2. The Hall–Kier alpha value is -2.54. The van der Waals surface area contributed by atoms with E-state index >= 15 is 0 Å². The number of rotatable bonds is 11. The molecule has 0 saturated carbocycles. The molecule has 32 heavy (non-hydrogen) atoms. The Kier molecular flexibility index (Phi) is 9.13. The number of aliphatic carboxylic acids is 1. The van der Waals surface area contributed by atoms with Gasteiger partial charge in [-0.15, -0.1) is 5.92 Å². The maximum absolute atomic E-state index is 13.3. The standard InChI is InChI=1S/C28H39NO3/c1-20-14-15-23-22(17-20)27(25(30)18-21(2)19-26(31)32)24(29(23)6)13-11-9-7-8-10-12-16-28(3,4)5/h14-15,17,21H,7-11,13,18-19H2,1-6H3,(H,31,32)/t21-/m0/s1. The average Bonchev–Trinajstić information content (AvgIpc) is 2.93. The molecular formula is C28H39NO3. The van der Waals surface area contributed by atoms with E-state index in [1.807, 2.05) is 20.9 Å². The Balaban J connectivity index is 2.10. The van der Waals surface area contributed by atoms with E-state index in [2.05, 4.69) is 55.4 Å². The average molecular weight is 438 g/mol. The minimum atomic E-state index is -0.855. The first-order valence-corrected chi connectivity index (χ1v) is 11.8. The molecule has 0 bridgehead atoms. The number of carboxylic acids is 1. The Morgan fingerprint density at radius 2 is 1.78 bits per heavy atom. The molecule has 0 amide bonds. The topological polar surface area (TPSA) is 59.3 Å². The number of aromatic nitrogens is 1. The molecule has 4 nitrogen and oxygen atoms in total. The second-order valence-corrected chi connectivity index (χ2v) is 10.2. The fourth-order valence-electron chi connectivity index (χ4n) is 4.19. The molecule has 1 aromatic carbocycles. The highest BCUT2D eigenvalue weighted by Gasteiger charge is 2.23. The first-order chi connectivity index (χ1) is 15.0. The van der Waals surface area contributed by atoms with Crippen molar-refractivity contribution >= 4 is 22.7 Å². The van der Waals surface area contributed by atoms with Crippen LogP contribution in [0, 0.1) is 30.1 Å². The summed E-state index contributed by atoms with van der Waals surface area (Å²) in [5.74, 6) is 5.59. The largest absolute Gasteiger partial charge is 0.481 e. The monoisotopic (exact) mass is 437 g/mol. The van der Waals surface area contributed by atoms with Crippen LogP contribution in [0.25, 0.3) is 10.9 Å². The molecule has 0 unspecified atom stereocenters. The van der Waals surface area contributed by atoms with Crippen LogP contribution in [-0.2, 0) is 18.3 Å². The van der Waals surface area contributed by atoms with Crippen LogP contribution in [0.3, 0.4) is 0 Å². The van der Waals surface area contributed by atoms with Gasteiger partial charge in [-0.3, -0.25) is 9.59 Å². The van der Waals surface area contributed by atoms with Gasteiger partial charge >= 0.3 is 5.97 Å². The van der Waals surface area contributed by atoms with Crippen molar-refractivity contribution in [2.75, 3.05) is 0 Å². The summed E-state index contributed by atoms with van der Waals surface area (Å²) in [5, 5.41) is 10.1. The van der Waals surface area contributed by atoms with E-state index in [-0.39, 0.29) is 30.0 Å². The van der Waals surface area contributed by atoms with E-state index in [9.17, 15) is 9.59 Å². The first kappa shape index (κ1) is 25.7. The lowest BCUT2D eigenvalue weighted by atomic mass is 9.94. The molecule has 0 aliphatic rings. The van der Waals surface area contributed by atoms with Gasteiger partial charge in [-0.2, -0.15) is 0 Å². The van der Waals surface area contributed by atoms with Crippen molar-refractivity contribution in [3.05, 3.63) is 35.0 Å². The third kappa shape index (κ3) is 7.55. The number of hydrogen-bond donors (Lipinski definition) is 1. The number of unbranched alkanes of at least 4 members (excludes halogenated alkanes) is 4. The highest BCUT2D eigenvalue weighted by atomic mass is 16.4. The van der Waals surface area contributed by atoms with Crippen LogP contribution in [0.1, 0.15) is 94.3 Å². The van der Waals surface area contributed by atoms with Gasteiger partial charge in [-0.25, -0.2) is 0 Å². The Bertz CT molecular complexity index is 1010. The van der Waals surface area contributed by atoms with Crippen LogP contribution in [0.4, 0.5) is 0 Å². The predicted molar refractivity (Wildman–Crippen MR) is 132 cm³/mol. The van der Waals surface area contributed by atoms with Crippen LogP contribution in [0.5, 0.6) is 0 Å². The van der Waals surface area contributed by atoms with Gasteiger partial charge in [0.25, 0.3) is 0 Å². The van der Waals surface area contributed by atoms with E-state index in [1.165, 1.54) is 0 Å². The number of nitrogens with zero attached hydrogens (tertiary/aromatic N) is 1. The zero-order valence-corrected chi connectivity index (χ0v) is 20.7. The second kappa shape index (κ2) is 11.4. The lowest BCUT2D eigenvalue weighted by molar-refractivity contribution is -0.137. The number of ketones is 1. The number of fused-ring (bicyclic) bond motifs is 1. The molecule has 4 heteroatoms. The molecule has 1 aromatic heterocycles. The summed E-state index contributed by atoms with van der Waals surface area (Å²) < 4.78 is 2.15. The van der Waals surface area contributed by atoms with Crippen molar-refractivity contribution in [1.82, 2.24) is 4.57 Å². The number of carboxylic acid groups (broad SMARTS) is 1. The smallest absolute Gasteiger partial charge is 0.303 e.